The van der Waals surface area contributed by atoms with Crippen molar-refractivity contribution in [1.29, 1.82) is 0 Å². The van der Waals surface area contributed by atoms with Crippen molar-refractivity contribution in [3.05, 3.63) is 12.2 Å². The van der Waals surface area contributed by atoms with Crippen LogP contribution in [0.15, 0.2) is 12.2 Å². The number of hydrogen-bond acceptors (Lipinski definition) is 3. The van der Waals surface area contributed by atoms with E-state index >= 15 is 0 Å². The van der Waals surface area contributed by atoms with E-state index in [1.165, 1.54) is 38.5 Å². The Bertz CT molecular complexity index is 580. The number of ether oxygens (including phenoxy) is 1. The summed E-state index contributed by atoms with van der Waals surface area (Å²) in [5.41, 5.74) is 0.328. The molecule has 0 heterocycles. The molecule has 0 aliphatic heterocycles. The zero-order chi connectivity index (χ0) is 16.7. The quantitative estimate of drug-likeness (QED) is 0.631. The molecule has 0 aromatic heterocycles. The molecule has 132 valence electrons. The van der Waals surface area contributed by atoms with Crippen LogP contribution in [0.3, 0.4) is 0 Å². The molecule has 0 amide bonds. The predicted molar refractivity (Wildman–Crippen MR) is 91.1 cm³/mol. The summed E-state index contributed by atoms with van der Waals surface area (Å²) < 4.78 is 6.02. The maximum Gasteiger partial charge on any atom is 0.333 e. The first-order valence-corrected chi connectivity index (χ1v) is 9.96. The van der Waals surface area contributed by atoms with E-state index in [1.54, 1.807) is 6.92 Å². The van der Waals surface area contributed by atoms with Gasteiger partial charge in [-0.1, -0.05) is 6.58 Å². The zero-order valence-electron chi connectivity index (χ0n) is 14.8. The Balaban J connectivity index is 1.48. The van der Waals surface area contributed by atoms with Crippen molar-refractivity contribution in [3.63, 3.8) is 0 Å². The Morgan fingerprint density at radius 3 is 2.38 bits per heavy atom. The number of esters is 1. The Kier molecular flexibility index (Phi) is 3.13. The third kappa shape index (κ3) is 2.09. The molecule has 0 saturated heterocycles. The largest absolute Gasteiger partial charge is 0.458 e. The number of fused-ring (bicyclic) bond motifs is 2. The van der Waals surface area contributed by atoms with Gasteiger partial charge in [0, 0.05) is 11.5 Å². The average Bonchev–Trinajstić information content (AvgIpc) is 3.05. The smallest absolute Gasteiger partial charge is 0.333 e. The monoisotopic (exact) mass is 330 g/mol. The van der Waals surface area contributed by atoms with Gasteiger partial charge in [0.1, 0.15) is 6.10 Å². The first-order valence-electron chi connectivity index (χ1n) is 9.96. The lowest BCUT2D eigenvalue weighted by atomic mass is 9.43. The van der Waals surface area contributed by atoms with E-state index < -0.39 is 5.60 Å². The average molecular weight is 330 g/mol. The van der Waals surface area contributed by atoms with Crippen molar-refractivity contribution < 1.29 is 14.6 Å². The van der Waals surface area contributed by atoms with Gasteiger partial charge in [0.05, 0.1) is 5.60 Å². The molecule has 6 rings (SSSR count). The van der Waals surface area contributed by atoms with E-state index in [4.69, 9.17) is 4.74 Å². The van der Waals surface area contributed by atoms with Crippen LogP contribution in [0.1, 0.15) is 64.7 Å². The molecule has 24 heavy (non-hydrogen) atoms. The second kappa shape index (κ2) is 4.87. The van der Waals surface area contributed by atoms with E-state index in [2.05, 4.69) is 6.58 Å². The van der Waals surface area contributed by atoms with Crippen molar-refractivity contribution in [1.82, 2.24) is 0 Å². The highest BCUT2D eigenvalue weighted by Crippen LogP contribution is 2.69. The van der Waals surface area contributed by atoms with Crippen LogP contribution in [0.4, 0.5) is 0 Å². The molecular weight excluding hydrogens is 300 g/mol. The minimum absolute atomic E-state index is 0.0767. The summed E-state index contributed by atoms with van der Waals surface area (Å²) in [6.07, 6.45) is 10.7. The topological polar surface area (TPSA) is 46.5 Å². The summed E-state index contributed by atoms with van der Waals surface area (Å²) in [6, 6.07) is 0. The van der Waals surface area contributed by atoms with Crippen molar-refractivity contribution in [3.8, 4) is 0 Å². The Morgan fingerprint density at radius 2 is 1.75 bits per heavy atom. The molecule has 6 aliphatic rings. The molecule has 6 unspecified atom stereocenters. The number of aliphatic hydroxyl groups is 1. The second-order valence-electron chi connectivity index (χ2n) is 10.1. The first-order chi connectivity index (χ1) is 11.4. The van der Waals surface area contributed by atoms with Gasteiger partial charge < -0.3 is 9.84 Å². The van der Waals surface area contributed by atoms with E-state index in [1.807, 2.05) is 0 Å². The maximum atomic E-state index is 12.2. The Morgan fingerprint density at radius 1 is 1.08 bits per heavy atom. The highest BCUT2D eigenvalue weighted by atomic mass is 16.5. The highest BCUT2D eigenvalue weighted by Gasteiger charge is 2.65. The third-order valence-electron chi connectivity index (χ3n) is 8.21. The van der Waals surface area contributed by atoms with Gasteiger partial charge in [0.25, 0.3) is 0 Å². The molecule has 1 N–H and O–H groups in total. The fourth-order valence-corrected chi connectivity index (χ4v) is 8.16. The lowest BCUT2D eigenvalue weighted by Crippen LogP contribution is -2.60. The molecule has 3 heteroatoms. The fraction of sp³-hybridized carbons (Fsp3) is 0.857. The molecule has 0 aromatic carbocycles. The van der Waals surface area contributed by atoms with Crippen molar-refractivity contribution >= 4 is 5.97 Å². The van der Waals surface area contributed by atoms with E-state index in [9.17, 15) is 9.90 Å². The lowest BCUT2D eigenvalue weighted by Gasteiger charge is -2.63. The predicted octanol–water partition coefficient (Wildman–Crippen LogP) is 3.85. The molecule has 6 aliphatic carbocycles. The Labute approximate surface area is 144 Å². The van der Waals surface area contributed by atoms with Gasteiger partial charge >= 0.3 is 5.97 Å². The van der Waals surface area contributed by atoms with Crippen LogP contribution in [0, 0.1) is 35.0 Å². The van der Waals surface area contributed by atoms with Crippen LogP contribution in [0.5, 0.6) is 0 Å². The normalized spacial score (nSPS) is 54.2. The summed E-state index contributed by atoms with van der Waals surface area (Å²) >= 11 is 0. The van der Waals surface area contributed by atoms with Crippen LogP contribution in [-0.4, -0.2) is 22.8 Å². The summed E-state index contributed by atoms with van der Waals surface area (Å²) in [4.78, 5) is 12.2. The van der Waals surface area contributed by atoms with E-state index in [-0.39, 0.29) is 17.5 Å². The minimum Gasteiger partial charge on any atom is -0.458 e. The SMILES string of the molecule is C=C(C)C(=O)OC1C2CCC(C2)C1C12CC3CC(CC(O)(C3)C1)C2. The molecule has 6 bridgehead atoms. The fourth-order valence-electron chi connectivity index (χ4n) is 8.16. The van der Waals surface area contributed by atoms with Crippen LogP contribution >= 0.6 is 0 Å². The van der Waals surface area contributed by atoms with Gasteiger partial charge in [-0.25, -0.2) is 4.79 Å². The zero-order valence-corrected chi connectivity index (χ0v) is 14.8. The number of rotatable bonds is 3. The summed E-state index contributed by atoms with van der Waals surface area (Å²) in [6.45, 7) is 5.52. The first kappa shape index (κ1) is 15.4. The van der Waals surface area contributed by atoms with Gasteiger partial charge in [0.2, 0.25) is 0 Å². The molecule has 0 radical (unpaired) electrons. The Hall–Kier alpha value is -0.830. The number of carbonyl (C=O) groups is 1. The van der Waals surface area contributed by atoms with E-state index in [0.29, 0.717) is 35.2 Å². The van der Waals surface area contributed by atoms with Crippen LogP contribution in [-0.2, 0) is 9.53 Å². The molecule has 0 aromatic rings. The number of carbonyl (C=O) groups excluding carboxylic acids is 1. The number of hydrogen-bond donors (Lipinski definition) is 1. The van der Waals surface area contributed by atoms with Gasteiger partial charge in [-0.2, -0.15) is 0 Å². The van der Waals surface area contributed by atoms with Crippen molar-refractivity contribution in [2.24, 2.45) is 35.0 Å². The molecule has 6 saturated carbocycles. The standard InChI is InChI=1S/C21H30O3/c1-12(2)19(22)24-18-16-4-3-15(6-16)17(18)20-7-13-5-14(8-20)10-21(23,9-13)11-20/h13-18,23H,1,3-11H2,2H3. The summed E-state index contributed by atoms with van der Waals surface area (Å²) in [5, 5.41) is 11.1. The molecule has 6 atom stereocenters. The van der Waals surface area contributed by atoms with Crippen molar-refractivity contribution in [2.45, 2.75) is 76.4 Å². The highest BCUT2D eigenvalue weighted by molar-refractivity contribution is 5.87. The minimum atomic E-state index is -0.422. The van der Waals surface area contributed by atoms with Gasteiger partial charge in [-0.05, 0) is 93.8 Å². The molecule has 6 fully saturated rings. The third-order valence-corrected chi connectivity index (χ3v) is 8.21. The van der Waals surface area contributed by atoms with Crippen LogP contribution < -0.4 is 0 Å². The molecule has 0 spiro atoms. The second-order valence-corrected chi connectivity index (χ2v) is 10.1. The van der Waals surface area contributed by atoms with Crippen molar-refractivity contribution in [2.75, 3.05) is 0 Å². The van der Waals surface area contributed by atoms with Gasteiger partial charge in [0.15, 0.2) is 0 Å². The van der Waals surface area contributed by atoms with Gasteiger partial charge in [-0.15, -0.1) is 0 Å². The lowest BCUT2D eigenvalue weighted by molar-refractivity contribution is -0.204. The van der Waals surface area contributed by atoms with Crippen LogP contribution in [0.2, 0.25) is 0 Å². The van der Waals surface area contributed by atoms with E-state index in [0.717, 1.165) is 19.3 Å². The van der Waals surface area contributed by atoms with Gasteiger partial charge in [-0.3, -0.25) is 0 Å². The maximum absolute atomic E-state index is 12.2. The van der Waals surface area contributed by atoms with Crippen LogP contribution in [0.25, 0.3) is 0 Å². The molecule has 3 nitrogen and oxygen atoms in total. The summed E-state index contributed by atoms with van der Waals surface area (Å²) in [5.74, 6) is 2.93. The summed E-state index contributed by atoms with van der Waals surface area (Å²) in [7, 11) is 0. The molecular formula is C21H30O3.